The van der Waals surface area contributed by atoms with Crippen molar-refractivity contribution >= 4 is 5.91 Å². The molecule has 1 fully saturated rings. The van der Waals surface area contributed by atoms with Gasteiger partial charge in [0.2, 0.25) is 5.91 Å². The van der Waals surface area contributed by atoms with Gasteiger partial charge in [-0.15, -0.1) is 0 Å². The molecule has 2 atom stereocenters. The lowest BCUT2D eigenvalue weighted by Gasteiger charge is -2.38. The fourth-order valence-electron chi connectivity index (χ4n) is 2.76. The number of carbonyl (C=O) groups is 1. The van der Waals surface area contributed by atoms with Gasteiger partial charge in [0.25, 0.3) is 0 Å². The van der Waals surface area contributed by atoms with E-state index in [0.717, 1.165) is 26.1 Å². The summed E-state index contributed by atoms with van der Waals surface area (Å²) in [7, 11) is 0. The second-order valence-electron chi connectivity index (χ2n) is 5.19. The fourth-order valence-corrected chi connectivity index (χ4v) is 2.76. The third-order valence-corrected chi connectivity index (χ3v) is 3.43. The summed E-state index contributed by atoms with van der Waals surface area (Å²) in [6.45, 7) is 7.58. The molecule has 0 radical (unpaired) electrons. The van der Waals surface area contributed by atoms with E-state index in [1.807, 2.05) is 0 Å². The standard InChI is InChI=1S/C13H27N3O/c1-3-4-5-12-8-13(15-11(2)17)10-16(9-12)7-6-14/h12-13H,3-10,14H2,1-2H3,(H,15,17). The van der Waals surface area contributed by atoms with Crippen molar-refractivity contribution in [3.8, 4) is 0 Å². The summed E-state index contributed by atoms with van der Waals surface area (Å²) in [4.78, 5) is 13.5. The van der Waals surface area contributed by atoms with Crippen LogP contribution in [0.15, 0.2) is 0 Å². The van der Waals surface area contributed by atoms with Crippen molar-refractivity contribution in [2.24, 2.45) is 11.7 Å². The quantitative estimate of drug-likeness (QED) is 0.728. The highest BCUT2D eigenvalue weighted by Crippen LogP contribution is 2.21. The van der Waals surface area contributed by atoms with E-state index in [2.05, 4.69) is 17.1 Å². The number of likely N-dealkylation sites (tertiary alicyclic amines) is 1. The zero-order valence-electron chi connectivity index (χ0n) is 11.2. The minimum Gasteiger partial charge on any atom is -0.352 e. The maximum atomic E-state index is 11.1. The van der Waals surface area contributed by atoms with E-state index < -0.39 is 0 Å². The summed E-state index contributed by atoms with van der Waals surface area (Å²) in [5.74, 6) is 0.797. The van der Waals surface area contributed by atoms with Gasteiger partial charge in [-0.1, -0.05) is 19.8 Å². The van der Waals surface area contributed by atoms with Crippen LogP contribution in [0, 0.1) is 5.92 Å². The second-order valence-corrected chi connectivity index (χ2v) is 5.19. The summed E-state index contributed by atoms with van der Waals surface area (Å²) in [5, 5.41) is 3.06. The lowest BCUT2D eigenvalue weighted by Crippen LogP contribution is -2.51. The highest BCUT2D eigenvalue weighted by atomic mass is 16.1. The van der Waals surface area contributed by atoms with Gasteiger partial charge in [-0.25, -0.2) is 0 Å². The molecule has 1 saturated heterocycles. The first-order valence-corrected chi connectivity index (χ1v) is 6.85. The molecule has 0 aromatic rings. The largest absolute Gasteiger partial charge is 0.352 e. The van der Waals surface area contributed by atoms with Crippen molar-refractivity contribution in [3.63, 3.8) is 0 Å². The molecule has 0 aromatic heterocycles. The number of nitrogens with two attached hydrogens (primary N) is 1. The van der Waals surface area contributed by atoms with Gasteiger partial charge in [0.05, 0.1) is 0 Å². The smallest absolute Gasteiger partial charge is 0.217 e. The number of hydrogen-bond acceptors (Lipinski definition) is 3. The maximum Gasteiger partial charge on any atom is 0.217 e. The molecule has 0 bridgehead atoms. The molecule has 0 saturated carbocycles. The number of nitrogens with zero attached hydrogens (tertiary/aromatic N) is 1. The van der Waals surface area contributed by atoms with Crippen LogP contribution >= 0.6 is 0 Å². The van der Waals surface area contributed by atoms with Gasteiger partial charge in [0.1, 0.15) is 0 Å². The van der Waals surface area contributed by atoms with E-state index in [1.54, 1.807) is 6.92 Å². The molecular formula is C13H27N3O. The summed E-state index contributed by atoms with van der Waals surface area (Å²) >= 11 is 0. The van der Waals surface area contributed by atoms with Crippen molar-refractivity contribution in [2.45, 2.75) is 45.6 Å². The molecule has 1 heterocycles. The van der Waals surface area contributed by atoms with Gasteiger partial charge in [-0.3, -0.25) is 9.69 Å². The normalized spacial score (nSPS) is 25.8. The Hall–Kier alpha value is -0.610. The molecule has 4 heteroatoms. The summed E-state index contributed by atoms with van der Waals surface area (Å²) in [5.41, 5.74) is 5.62. The van der Waals surface area contributed by atoms with E-state index in [-0.39, 0.29) is 5.91 Å². The average Bonchev–Trinajstić information content (AvgIpc) is 2.25. The zero-order valence-corrected chi connectivity index (χ0v) is 11.2. The molecule has 0 aromatic carbocycles. The highest BCUT2D eigenvalue weighted by molar-refractivity contribution is 5.73. The van der Waals surface area contributed by atoms with Gasteiger partial charge in [-0.2, -0.15) is 0 Å². The lowest BCUT2D eigenvalue weighted by molar-refractivity contribution is -0.120. The van der Waals surface area contributed by atoms with Crippen LogP contribution in [0.3, 0.4) is 0 Å². The highest BCUT2D eigenvalue weighted by Gasteiger charge is 2.26. The Bertz CT molecular complexity index is 233. The SMILES string of the molecule is CCCCC1CC(NC(C)=O)CN(CCN)C1. The predicted molar refractivity (Wildman–Crippen MR) is 70.7 cm³/mol. The summed E-state index contributed by atoms with van der Waals surface area (Å²) < 4.78 is 0. The molecule has 4 nitrogen and oxygen atoms in total. The Labute approximate surface area is 105 Å². The molecule has 0 aliphatic carbocycles. The fraction of sp³-hybridized carbons (Fsp3) is 0.923. The minimum absolute atomic E-state index is 0.0823. The van der Waals surface area contributed by atoms with Crippen LogP contribution in [0.25, 0.3) is 0 Å². The van der Waals surface area contributed by atoms with Crippen LogP contribution in [0.2, 0.25) is 0 Å². The van der Waals surface area contributed by atoms with Gasteiger partial charge in [-0.05, 0) is 18.8 Å². The third kappa shape index (κ3) is 5.50. The van der Waals surface area contributed by atoms with E-state index in [4.69, 9.17) is 5.73 Å². The van der Waals surface area contributed by atoms with Crippen LogP contribution in [-0.2, 0) is 4.79 Å². The maximum absolute atomic E-state index is 11.1. The van der Waals surface area contributed by atoms with E-state index in [9.17, 15) is 4.79 Å². The third-order valence-electron chi connectivity index (χ3n) is 3.43. The van der Waals surface area contributed by atoms with Gasteiger partial charge < -0.3 is 11.1 Å². The monoisotopic (exact) mass is 241 g/mol. The van der Waals surface area contributed by atoms with Crippen LogP contribution in [-0.4, -0.2) is 43.0 Å². The number of hydrogen-bond donors (Lipinski definition) is 2. The van der Waals surface area contributed by atoms with Gasteiger partial charge in [0, 0.05) is 39.1 Å². The Morgan fingerprint density at radius 1 is 1.47 bits per heavy atom. The molecular weight excluding hydrogens is 214 g/mol. The summed E-state index contributed by atoms with van der Waals surface area (Å²) in [6, 6.07) is 0.314. The molecule has 1 aliphatic heterocycles. The zero-order chi connectivity index (χ0) is 12.7. The van der Waals surface area contributed by atoms with Crippen molar-refractivity contribution in [2.75, 3.05) is 26.2 Å². The van der Waals surface area contributed by atoms with Crippen LogP contribution in [0.4, 0.5) is 0 Å². The lowest BCUT2D eigenvalue weighted by atomic mass is 9.90. The minimum atomic E-state index is 0.0823. The van der Waals surface area contributed by atoms with E-state index >= 15 is 0 Å². The van der Waals surface area contributed by atoms with Gasteiger partial charge in [0.15, 0.2) is 0 Å². The molecule has 0 spiro atoms. The number of piperidine rings is 1. The van der Waals surface area contributed by atoms with Crippen molar-refractivity contribution < 1.29 is 4.79 Å². The molecule has 17 heavy (non-hydrogen) atoms. The number of amides is 1. The topological polar surface area (TPSA) is 58.4 Å². The van der Waals surface area contributed by atoms with Crippen LogP contribution in [0.5, 0.6) is 0 Å². The van der Waals surface area contributed by atoms with Gasteiger partial charge >= 0.3 is 0 Å². The van der Waals surface area contributed by atoms with Crippen molar-refractivity contribution in [3.05, 3.63) is 0 Å². The Morgan fingerprint density at radius 2 is 2.24 bits per heavy atom. The summed E-state index contributed by atoms with van der Waals surface area (Å²) in [6.07, 6.45) is 4.93. The Kier molecular flexibility index (Phi) is 6.52. The first kappa shape index (κ1) is 14.5. The van der Waals surface area contributed by atoms with Crippen LogP contribution in [0.1, 0.15) is 39.5 Å². The van der Waals surface area contributed by atoms with E-state index in [1.165, 1.54) is 19.3 Å². The van der Waals surface area contributed by atoms with Crippen molar-refractivity contribution in [1.82, 2.24) is 10.2 Å². The van der Waals surface area contributed by atoms with Crippen LogP contribution < -0.4 is 11.1 Å². The van der Waals surface area contributed by atoms with Crippen molar-refractivity contribution in [1.29, 1.82) is 0 Å². The molecule has 1 amide bonds. The average molecular weight is 241 g/mol. The first-order chi connectivity index (χ1) is 8.15. The number of rotatable bonds is 6. The predicted octanol–water partition coefficient (Wildman–Crippen LogP) is 0.962. The molecule has 3 N–H and O–H groups in total. The molecule has 2 unspecified atom stereocenters. The van der Waals surface area contributed by atoms with E-state index in [0.29, 0.717) is 18.5 Å². The number of unbranched alkanes of at least 4 members (excludes halogenated alkanes) is 1. The Balaban J connectivity index is 2.46. The Morgan fingerprint density at radius 3 is 2.82 bits per heavy atom. The molecule has 100 valence electrons. The second kappa shape index (κ2) is 7.67. The molecule has 1 aliphatic rings. The number of carbonyl (C=O) groups excluding carboxylic acids is 1. The first-order valence-electron chi connectivity index (χ1n) is 6.85. The number of nitrogens with one attached hydrogen (secondary N) is 1. The molecule has 1 rings (SSSR count).